The molecule has 3 aromatic rings. The van der Waals surface area contributed by atoms with Crippen LogP contribution in [0.2, 0.25) is 0 Å². The van der Waals surface area contributed by atoms with E-state index in [1.165, 1.54) is 4.90 Å². The van der Waals surface area contributed by atoms with Crippen LogP contribution in [0, 0.1) is 0 Å². The van der Waals surface area contributed by atoms with E-state index < -0.39 is 17.2 Å². The molecule has 170 valence electrons. The topological polar surface area (TPSA) is 101 Å². The highest BCUT2D eigenvalue weighted by Gasteiger charge is 2.38. The number of carbonyl (C=O) groups is 1. The van der Waals surface area contributed by atoms with Gasteiger partial charge in [0.2, 0.25) is 0 Å². The number of amides is 1. The average Bonchev–Trinajstić information content (AvgIpc) is 2.70. The van der Waals surface area contributed by atoms with Crippen molar-refractivity contribution in [2.45, 2.75) is 52.3 Å². The molecule has 0 unspecified atom stereocenters. The number of anilines is 2. The summed E-state index contributed by atoms with van der Waals surface area (Å²) in [5.41, 5.74) is 8.07. The maximum atomic E-state index is 11.9. The van der Waals surface area contributed by atoms with Crippen LogP contribution in [0.3, 0.4) is 0 Å². The third-order valence-corrected chi connectivity index (χ3v) is 5.28. The zero-order valence-electron chi connectivity index (χ0n) is 19.3. The fourth-order valence-electron chi connectivity index (χ4n) is 4.05. The van der Waals surface area contributed by atoms with Gasteiger partial charge >= 0.3 is 6.09 Å². The Morgan fingerprint density at radius 3 is 2.44 bits per heavy atom. The van der Waals surface area contributed by atoms with E-state index in [-0.39, 0.29) is 0 Å². The van der Waals surface area contributed by atoms with Crippen LogP contribution in [0.25, 0.3) is 10.9 Å². The van der Waals surface area contributed by atoms with Crippen molar-refractivity contribution in [3.8, 4) is 5.75 Å². The molecule has 7 nitrogen and oxygen atoms in total. The lowest BCUT2D eigenvalue weighted by molar-refractivity contribution is 0.0392. The Morgan fingerprint density at radius 2 is 1.81 bits per heavy atom. The lowest BCUT2D eigenvalue weighted by Gasteiger charge is -2.45. The minimum absolute atomic E-state index is 0.381. The SMILES string of the molecule is CC(C)(C)N(C(=O)O)C(C)(C)CNc1c(N)cnc2cc(OCc3ccccc3)ccc12. The van der Waals surface area contributed by atoms with Crippen molar-refractivity contribution in [2.24, 2.45) is 0 Å². The highest BCUT2D eigenvalue weighted by molar-refractivity contribution is 5.97. The monoisotopic (exact) mass is 436 g/mol. The highest BCUT2D eigenvalue weighted by Crippen LogP contribution is 2.32. The van der Waals surface area contributed by atoms with Crippen LogP contribution < -0.4 is 15.8 Å². The molecule has 32 heavy (non-hydrogen) atoms. The van der Waals surface area contributed by atoms with Gasteiger partial charge in [-0.25, -0.2) is 4.79 Å². The van der Waals surface area contributed by atoms with E-state index in [1.807, 2.05) is 83.1 Å². The largest absolute Gasteiger partial charge is 0.489 e. The highest BCUT2D eigenvalue weighted by atomic mass is 16.5. The van der Waals surface area contributed by atoms with E-state index >= 15 is 0 Å². The molecular formula is C25H32N4O3. The molecule has 2 aromatic carbocycles. The second-order valence-electron chi connectivity index (χ2n) is 9.50. The van der Waals surface area contributed by atoms with Crippen LogP contribution >= 0.6 is 0 Å². The van der Waals surface area contributed by atoms with Crippen LogP contribution in [0.15, 0.2) is 54.7 Å². The zero-order valence-corrected chi connectivity index (χ0v) is 19.3. The molecule has 0 bridgehead atoms. The molecule has 0 radical (unpaired) electrons. The maximum absolute atomic E-state index is 11.9. The summed E-state index contributed by atoms with van der Waals surface area (Å²) < 4.78 is 5.92. The second kappa shape index (κ2) is 8.94. The average molecular weight is 437 g/mol. The maximum Gasteiger partial charge on any atom is 0.408 e. The number of nitrogens with one attached hydrogen (secondary N) is 1. The van der Waals surface area contributed by atoms with E-state index in [0.717, 1.165) is 27.9 Å². The minimum Gasteiger partial charge on any atom is -0.489 e. The summed E-state index contributed by atoms with van der Waals surface area (Å²) in [6, 6.07) is 15.7. The summed E-state index contributed by atoms with van der Waals surface area (Å²) >= 11 is 0. The lowest BCUT2D eigenvalue weighted by Crippen LogP contribution is -2.59. The summed E-state index contributed by atoms with van der Waals surface area (Å²) in [7, 11) is 0. The van der Waals surface area contributed by atoms with Gasteiger partial charge in [0.1, 0.15) is 12.4 Å². The minimum atomic E-state index is -0.961. The first kappa shape index (κ1) is 23.2. The van der Waals surface area contributed by atoms with Gasteiger partial charge < -0.3 is 20.9 Å². The van der Waals surface area contributed by atoms with Crippen LogP contribution in [0.4, 0.5) is 16.2 Å². The Kier molecular flexibility index (Phi) is 6.48. The summed E-state index contributed by atoms with van der Waals surface area (Å²) in [6.07, 6.45) is 0.647. The van der Waals surface area contributed by atoms with Gasteiger partial charge in [-0.05, 0) is 52.3 Å². The molecule has 3 rings (SSSR count). The van der Waals surface area contributed by atoms with Gasteiger partial charge in [0, 0.05) is 23.5 Å². The number of ether oxygens (including phenoxy) is 1. The number of benzene rings is 2. The molecular weight excluding hydrogens is 404 g/mol. The first-order valence-corrected chi connectivity index (χ1v) is 10.6. The molecule has 7 heteroatoms. The Hall–Kier alpha value is -3.48. The summed E-state index contributed by atoms with van der Waals surface area (Å²) in [6.45, 7) is 10.3. The van der Waals surface area contributed by atoms with Crippen LogP contribution in [-0.4, -0.2) is 38.7 Å². The number of aromatic nitrogens is 1. The molecule has 0 aliphatic carbocycles. The number of hydrogen-bond acceptors (Lipinski definition) is 5. The van der Waals surface area contributed by atoms with Gasteiger partial charge in [0.05, 0.1) is 28.6 Å². The first-order chi connectivity index (χ1) is 15.0. The Balaban J connectivity index is 1.82. The fourth-order valence-corrected chi connectivity index (χ4v) is 4.05. The number of hydrogen-bond donors (Lipinski definition) is 3. The van der Waals surface area contributed by atoms with Crippen molar-refractivity contribution in [3.05, 3.63) is 60.3 Å². The van der Waals surface area contributed by atoms with E-state index in [1.54, 1.807) is 6.20 Å². The number of nitrogens with two attached hydrogens (primary N) is 1. The van der Waals surface area contributed by atoms with Gasteiger partial charge in [-0.3, -0.25) is 9.88 Å². The predicted octanol–water partition coefficient (Wildman–Crippen LogP) is 5.37. The Bertz CT molecular complexity index is 1090. The quantitative estimate of drug-likeness (QED) is 0.461. The number of nitrogen functional groups attached to an aromatic ring is 1. The fraction of sp³-hybridized carbons (Fsp3) is 0.360. The first-order valence-electron chi connectivity index (χ1n) is 10.6. The molecule has 1 amide bonds. The molecule has 0 aliphatic rings. The van der Waals surface area contributed by atoms with Crippen molar-refractivity contribution < 1.29 is 14.6 Å². The molecule has 0 aliphatic heterocycles. The molecule has 0 atom stereocenters. The van der Waals surface area contributed by atoms with Gasteiger partial charge in [-0.15, -0.1) is 0 Å². The second-order valence-corrected chi connectivity index (χ2v) is 9.50. The number of pyridine rings is 1. The molecule has 0 saturated heterocycles. The summed E-state index contributed by atoms with van der Waals surface area (Å²) in [5, 5.41) is 14.0. The van der Waals surface area contributed by atoms with E-state index in [4.69, 9.17) is 10.5 Å². The molecule has 0 fully saturated rings. The van der Waals surface area contributed by atoms with Crippen molar-refractivity contribution in [1.29, 1.82) is 0 Å². The van der Waals surface area contributed by atoms with E-state index in [9.17, 15) is 9.90 Å². The number of fused-ring (bicyclic) bond motifs is 1. The summed E-state index contributed by atoms with van der Waals surface area (Å²) in [5.74, 6) is 0.717. The molecule has 0 saturated carbocycles. The standard InChI is InChI=1S/C25H32N4O3/c1-24(2,3)29(23(30)31)25(4,5)16-28-22-19-12-11-18(13-21(19)27-14-20(22)26)32-15-17-9-7-6-8-10-17/h6-14H,15-16,26H2,1-5H3,(H,27,28)(H,30,31). The van der Waals surface area contributed by atoms with E-state index in [0.29, 0.717) is 18.8 Å². The van der Waals surface area contributed by atoms with Crippen molar-refractivity contribution in [2.75, 3.05) is 17.6 Å². The molecule has 0 spiro atoms. The Labute approximate surface area is 189 Å². The molecule has 4 N–H and O–H groups in total. The van der Waals surface area contributed by atoms with Gasteiger partial charge in [-0.1, -0.05) is 30.3 Å². The normalized spacial score (nSPS) is 11.9. The molecule has 1 aromatic heterocycles. The lowest BCUT2D eigenvalue weighted by atomic mass is 9.94. The molecule has 1 heterocycles. The summed E-state index contributed by atoms with van der Waals surface area (Å²) in [4.78, 5) is 17.8. The van der Waals surface area contributed by atoms with Gasteiger partial charge in [0.15, 0.2) is 0 Å². The van der Waals surface area contributed by atoms with Crippen molar-refractivity contribution in [1.82, 2.24) is 9.88 Å². The zero-order chi connectivity index (χ0) is 23.5. The third-order valence-electron chi connectivity index (χ3n) is 5.28. The van der Waals surface area contributed by atoms with Gasteiger partial charge in [-0.2, -0.15) is 0 Å². The van der Waals surface area contributed by atoms with Crippen LogP contribution in [0.5, 0.6) is 5.75 Å². The van der Waals surface area contributed by atoms with Crippen LogP contribution in [-0.2, 0) is 6.61 Å². The van der Waals surface area contributed by atoms with Crippen molar-refractivity contribution in [3.63, 3.8) is 0 Å². The predicted molar refractivity (Wildman–Crippen MR) is 129 cm³/mol. The third kappa shape index (κ3) is 5.22. The van der Waals surface area contributed by atoms with Crippen LogP contribution in [0.1, 0.15) is 40.2 Å². The van der Waals surface area contributed by atoms with E-state index in [2.05, 4.69) is 10.3 Å². The Morgan fingerprint density at radius 1 is 1.12 bits per heavy atom. The van der Waals surface area contributed by atoms with Gasteiger partial charge in [0.25, 0.3) is 0 Å². The van der Waals surface area contributed by atoms with Crippen molar-refractivity contribution >= 4 is 28.4 Å². The number of carboxylic acid groups (broad SMARTS) is 1. The number of rotatable bonds is 7. The number of nitrogens with zero attached hydrogens (tertiary/aromatic N) is 2. The smallest absolute Gasteiger partial charge is 0.408 e.